The van der Waals surface area contributed by atoms with Crippen LogP contribution in [0.25, 0.3) is 28.1 Å². The fourth-order valence-corrected chi connectivity index (χ4v) is 5.33. The van der Waals surface area contributed by atoms with Gasteiger partial charge in [0.1, 0.15) is 34.0 Å². The monoisotopic (exact) mass is 695 g/mol. The van der Waals surface area contributed by atoms with Crippen molar-refractivity contribution in [3.63, 3.8) is 0 Å². The molecule has 4 aromatic heterocycles. The summed E-state index contributed by atoms with van der Waals surface area (Å²) in [7, 11) is 1.62. The molecule has 7 rings (SSSR count). The summed E-state index contributed by atoms with van der Waals surface area (Å²) in [6, 6.07) is 24.1. The molecular weight excluding hydrogens is 665 g/mol. The number of aryl methyl sites for hydroxylation is 3. The van der Waals surface area contributed by atoms with Crippen LogP contribution >= 0.6 is 23.2 Å². The van der Waals surface area contributed by atoms with Crippen LogP contribution in [0.1, 0.15) is 17.3 Å². The lowest BCUT2D eigenvalue weighted by atomic mass is 10.1. The number of benzene rings is 3. The van der Waals surface area contributed by atoms with Crippen molar-refractivity contribution in [2.75, 3.05) is 29.2 Å². The molecule has 0 fully saturated rings. The van der Waals surface area contributed by atoms with Gasteiger partial charge in [-0.2, -0.15) is 15.0 Å². The van der Waals surface area contributed by atoms with E-state index in [2.05, 4.69) is 40.7 Å². The molecule has 0 aliphatic rings. The minimum absolute atomic E-state index is 0.190. The summed E-state index contributed by atoms with van der Waals surface area (Å²) < 4.78 is 12.2. The van der Waals surface area contributed by atoms with Crippen LogP contribution in [-0.4, -0.2) is 41.8 Å². The van der Waals surface area contributed by atoms with Crippen molar-refractivity contribution in [1.29, 1.82) is 0 Å². The molecule has 0 spiro atoms. The second-order valence-electron chi connectivity index (χ2n) is 10.7. The first kappa shape index (κ1) is 33.0. The van der Waals surface area contributed by atoms with Crippen LogP contribution in [0, 0.1) is 20.8 Å². The van der Waals surface area contributed by atoms with Gasteiger partial charge in [0, 0.05) is 22.5 Å². The summed E-state index contributed by atoms with van der Waals surface area (Å²) in [5, 5.41) is 11.1. The fraction of sp³-hybridized carbons (Fsp3) is 0.118. The number of fused-ring (bicyclic) bond motifs is 1. The molecule has 3 aromatic carbocycles. The van der Waals surface area contributed by atoms with Crippen LogP contribution < -0.4 is 26.8 Å². The summed E-state index contributed by atoms with van der Waals surface area (Å²) >= 11 is 12.3. The fourth-order valence-electron chi connectivity index (χ4n) is 5.03. The molecule has 6 N–H and O–H groups in total. The number of nitrogen functional groups attached to an aromatic ring is 2. The largest absolute Gasteiger partial charge is 0.497 e. The zero-order valence-electron chi connectivity index (χ0n) is 26.9. The van der Waals surface area contributed by atoms with E-state index >= 15 is 0 Å². The molecule has 13 nitrogen and oxygen atoms in total. The lowest BCUT2D eigenvalue weighted by Crippen LogP contribution is -2.08. The van der Waals surface area contributed by atoms with Crippen LogP contribution in [0.5, 0.6) is 5.75 Å². The number of aromatic nitrogens is 7. The summed E-state index contributed by atoms with van der Waals surface area (Å²) in [4.78, 5) is 22.1. The third-order valence-corrected chi connectivity index (χ3v) is 7.90. The molecule has 15 heteroatoms. The number of methoxy groups -OCH3 is 1. The van der Waals surface area contributed by atoms with Crippen LogP contribution in [0.2, 0.25) is 10.0 Å². The molecule has 49 heavy (non-hydrogen) atoms. The van der Waals surface area contributed by atoms with Gasteiger partial charge in [-0.3, -0.25) is 4.57 Å². The number of anilines is 6. The molecule has 0 atom stereocenters. The minimum Gasteiger partial charge on any atom is -0.497 e. The molecular formula is C34H31Cl2N11O2. The second-order valence-corrected chi connectivity index (χ2v) is 11.6. The van der Waals surface area contributed by atoms with Gasteiger partial charge >= 0.3 is 0 Å². The molecule has 0 unspecified atom stereocenters. The lowest BCUT2D eigenvalue weighted by molar-refractivity contribution is 0.393. The average Bonchev–Trinajstić information content (AvgIpc) is 3.60. The van der Waals surface area contributed by atoms with Gasteiger partial charge in [-0.1, -0.05) is 40.5 Å². The minimum atomic E-state index is 0.190. The number of halogens is 2. The first-order valence-corrected chi connectivity index (χ1v) is 15.6. The van der Waals surface area contributed by atoms with Crippen LogP contribution in [-0.2, 0) is 0 Å². The second kappa shape index (κ2) is 14.1. The topological polar surface area (TPSA) is 181 Å². The molecule has 0 radical (unpaired) electrons. The van der Waals surface area contributed by atoms with E-state index in [0.29, 0.717) is 40.0 Å². The van der Waals surface area contributed by atoms with E-state index in [1.165, 1.54) is 0 Å². The predicted octanol–water partition coefficient (Wildman–Crippen LogP) is 7.84. The molecule has 4 heterocycles. The van der Waals surface area contributed by atoms with Crippen molar-refractivity contribution >= 4 is 69.1 Å². The Balaban J connectivity index is 0.000000174. The number of para-hydroxylation sites is 2. The summed E-state index contributed by atoms with van der Waals surface area (Å²) in [6.45, 7) is 5.58. The summed E-state index contributed by atoms with van der Waals surface area (Å²) in [6.07, 6.45) is 0. The zero-order chi connectivity index (χ0) is 34.7. The smallest absolute Gasteiger partial charge is 0.231 e. The molecule has 0 bridgehead atoms. The van der Waals surface area contributed by atoms with E-state index in [1.807, 2.05) is 86.0 Å². The third kappa shape index (κ3) is 7.32. The molecule has 0 amide bonds. The molecule has 0 aliphatic heterocycles. The first-order chi connectivity index (χ1) is 23.6. The summed E-state index contributed by atoms with van der Waals surface area (Å²) in [5.41, 5.74) is 17.5. The van der Waals surface area contributed by atoms with E-state index in [9.17, 15) is 0 Å². The van der Waals surface area contributed by atoms with E-state index in [1.54, 1.807) is 25.3 Å². The van der Waals surface area contributed by atoms with Crippen molar-refractivity contribution in [1.82, 2.24) is 34.6 Å². The highest BCUT2D eigenvalue weighted by atomic mass is 35.5. The Bertz CT molecular complexity index is 2230. The molecule has 0 saturated carbocycles. The first-order valence-electron chi connectivity index (χ1n) is 14.9. The molecule has 0 aliphatic carbocycles. The van der Waals surface area contributed by atoms with Crippen LogP contribution in [0.3, 0.4) is 0 Å². The van der Waals surface area contributed by atoms with Gasteiger partial charge in [-0.15, -0.1) is 0 Å². The molecule has 0 saturated heterocycles. The van der Waals surface area contributed by atoms with E-state index in [4.69, 9.17) is 43.9 Å². The van der Waals surface area contributed by atoms with Crippen molar-refractivity contribution in [2.45, 2.75) is 20.8 Å². The van der Waals surface area contributed by atoms with Crippen LogP contribution in [0.4, 0.5) is 34.9 Å². The van der Waals surface area contributed by atoms with E-state index in [-0.39, 0.29) is 10.8 Å². The number of rotatable bonds is 7. The predicted molar refractivity (Wildman–Crippen MR) is 193 cm³/mol. The Morgan fingerprint density at radius 1 is 0.776 bits per heavy atom. The number of ether oxygens (including phenoxy) is 1. The number of imidazole rings is 1. The Morgan fingerprint density at radius 2 is 1.43 bits per heavy atom. The lowest BCUT2D eigenvalue weighted by Gasteiger charge is -2.13. The van der Waals surface area contributed by atoms with E-state index < -0.39 is 0 Å². The highest BCUT2D eigenvalue weighted by Gasteiger charge is 2.18. The van der Waals surface area contributed by atoms with Crippen LogP contribution in [0.15, 0.2) is 83.4 Å². The molecule has 248 valence electrons. The maximum absolute atomic E-state index is 6.43. The SMILES string of the molecule is COc1ccc(Nc2nc(N)c(Cl)c(-n3c(C)nc4ccccc43)n2)cc1.Cc1noc(C)c1-c1cc(N)nc(Nc2ccc(Cl)cc2)n1. The number of hydrogen-bond donors (Lipinski definition) is 4. The number of nitrogens with one attached hydrogen (secondary N) is 2. The Morgan fingerprint density at radius 3 is 2.08 bits per heavy atom. The van der Waals surface area contributed by atoms with Crippen molar-refractivity contribution in [2.24, 2.45) is 0 Å². The van der Waals surface area contributed by atoms with Crippen molar-refractivity contribution < 1.29 is 9.26 Å². The van der Waals surface area contributed by atoms with Gasteiger partial charge in [0.25, 0.3) is 0 Å². The van der Waals surface area contributed by atoms with E-state index in [0.717, 1.165) is 45.2 Å². The number of nitrogens with zero attached hydrogens (tertiary/aromatic N) is 7. The Kier molecular flexibility index (Phi) is 9.47. The van der Waals surface area contributed by atoms with Gasteiger partial charge in [-0.05, 0) is 81.4 Å². The summed E-state index contributed by atoms with van der Waals surface area (Å²) in [5.74, 6) is 3.98. The highest BCUT2D eigenvalue weighted by Crippen LogP contribution is 2.31. The maximum Gasteiger partial charge on any atom is 0.231 e. The average molecular weight is 697 g/mol. The van der Waals surface area contributed by atoms with Gasteiger partial charge in [0.2, 0.25) is 11.9 Å². The third-order valence-electron chi connectivity index (χ3n) is 7.28. The highest BCUT2D eigenvalue weighted by molar-refractivity contribution is 6.34. The Labute approximate surface area is 291 Å². The van der Waals surface area contributed by atoms with Crippen molar-refractivity contribution in [3.8, 4) is 22.8 Å². The maximum atomic E-state index is 6.43. The standard InChI is InChI=1S/C19H17ClN6O.C15H14ClN5O/c1-11-22-14-5-3-4-6-15(14)26(11)18-16(20)17(21)24-19(25-18)23-12-7-9-13(27-2)10-8-12;1-8-14(9(2)22-21-8)12-7-13(17)20-15(19-12)18-11-5-3-10(16)4-6-11/h3-10H,1-2H3,(H3,21,23,24,25);3-7H,1-2H3,(H3,17,18,19,20). The van der Waals surface area contributed by atoms with Gasteiger partial charge in [-0.25, -0.2) is 9.97 Å². The van der Waals surface area contributed by atoms with Crippen molar-refractivity contribution in [3.05, 3.63) is 106 Å². The Hall–Kier alpha value is -5.92. The number of hydrogen-bond acceptors (Lipinski definition) is 12. The quantitative estimate of drug-likeness (QED) is 0.127. The van der Waals surface area contributed by atoms with Gasteiger partial charge in [0.15, 0.2) is 5.82 Å². The number of nitrogens with two attached hydrogens (primary N) is 2. The van der Waals surface area contributed by atoms with Gasteiger partial charge in [0.05, 0.1) is 35.1 Å². The zero-order valence-corrected chi connectivity index (χ0v) is 28.4. The normalized spacial score (nSPS) is 10.8. The molecule has 7 aromatic rings. The van der Waals surface area contributed by atoms with Gasteiger partial charge < -0.3 is 31.4 Å².